The average molecular weight is 393 g/mol. The van der Waals surface area contributed by atoms with Crippen LogP contribution in [0.1, 0.15) is 11.1 Å². The molecule has 0 aliphatic rings. The number of hydrogen-bond acceptors (Lipinski definition) is 2. The summed E-state index contributed by atoms with van der Waals surface area (Å²) in [5, 5.41) is 5.25. The first-order valence-corrected chi connectivity index (χ1v) is 8.88. The number of halogens is 3. The van der Waals surface area contributed by atoms with Crippen LogP contribution >= 0.6 is 34.8 Å². The van der Waals surface area contributed by atoms with Crippen molar-refractivity contribution < 1.29 is 4.74 Å². The summed E-state index contributed by atoms with van der Waals surface area (Å²) in [4.78, 5) is 0. The molecule has 0 spiro atoms. The highest BCUT2D eigenvalue weighted by Gasteiger charge is 2.00. The van der Waals surface area contributed by atoms with Gasteiger partial charge in [-0.05, 0) is 53.6 Å². The second-order valence-electron chi connectivity index (χ2n) is 5.57. The quantitative estimate of drug-likeness (QED) is 0.496. The summed E-state index contributed by atoms with van der Waals surface area (Å²) in [6.07, 6.45) is 0. The second kappa shape index (κ2) is 8.48. The fourth-order valence-corrected chi connectivity index (χ4v) is 2.96. The number of anilines is 1. The zero-order chi connectivity index (χ0) is 17.6. The Morgan fingerprint density at radius 1 is 0.680 bits per heavy atom. The molecule has 0 radical (unpaired) electrons. The van der Waals surface area contributed by atoms with Crippen LogP contribution in [0.4, 0.5) is 5.69 Å². The maximum absolute atomic E-state index is 6.00. The Bertz CT molecular complexity index is 812. The van der Waals surface area contributed by atoms with Crippen LogP contribution in [0, 0.1) is 0 Å². The predicted octanol–water partition coefficient (Wildman–Crippen LogP) is 6.84. The molecule has 0 aromatic heterocycles. The van der Waals surface area contributed by atoms with Crippen molar-refractivity contribution in [2.45, 2.75) is 13.2 Å². The molecule has 3 aromatic rings. The van der Waals surface area contributed by atoms with Crippen LogP contribution in [0.15, 0.2) is 66.7 Å². The van der Waals surface area contributed by atoms with E-state index in [0.29, 0.717) is 23.2 Å². The van der Waals surface area contributed by atoms with Gasteiger partial charge in [0.25, 0.3) is 0 Å². The molecule has 0 bridgehead atoms. The highest BCUT2D eigenvalue weighted by atomic mass is 35.5. The molecule has 0 heterocycles. The molecule has 0 fully saturated rings. The van der Waals surface area contributed by atoms with Gasteiger partial charge in [-0.2, -0.15) is 0 Å². The van der Waals surface area contributed by atoms with E-state index in [2.05, 4.69) is 5.32 Å². The molecule has 1 N–H and O–H groups in total. The van der Waals surface area contributed by atoms with Gasteiger partial charge in [-0.3, -0.25) is 0 Å². The third-order valence-electron chi connectivity index (χ3n) is 3.60. The van der Waals surface area contributed by atoms with Gasteiger partial charge in [0.15, 0.2) is 0 Å². The molecular formula is C20H16Cl3NO. The number of nitrogens with one attached hydrogen (secondary N) is 1. The van der Waals surface area contributed by atoms with Crippen molar-refractivity contribution >= 4 is 40.5 Å². The minimum absolute atomic E-state index is 0.510. The van der Waals surface area contributed by atoms with Crippen LogP contribution in [-0.2, 0) is 13.2 Å². The van der Waals surface area contributed by atoms with Gasteiger partial charge in [0.2, 0.25) is 0 Å². The molecule has 0 saturated carbocycles. The molecule has 128 valence electrons. The third kappa shape index (κ3) is 5.57. The topological polar surface area (TPSA) is 21.3 Å². The van der Waals surface area contributed by atoms with Crippen LogP contribution in [0.2, 0.25) is 15.1 Å². The van der Waals surface area contributed by atoms with Crippen molar-refractivity contribution in [1.82, 2.24) is 0 Å². The zero-order valence-corrected chi connectivity index (χ0v) is 15.6. The van der Waals surface area contributed by atoms with Crippen molar-refractivity contribution in [1.29, 1.82) is 0 Å². The smallest absolute Gasteiger partial charge is 0.119 e. The minimum Gasteiger partial charge on any atom is -0.489 e. The van der Waals surface area contributed by atoms with E-state index in [1.807, 2.05) is 60.7 Å². The molecule has 3 rings (SSSR count). The number of hydrogen-bond donors (Lipinski definition) is 1. The third-order valence-corrected chi connectivity index (χ3v) is 4.29. The van der Waals surface area contributed by atoms with Crippen molar-refractivity contribution in [2.24, 2.45) is 0 Å². The molecular weight excluding hydrogens is 377 g/mol. The van der Waals surface area contributed by atoms with E-state index in [0.717, 1.165) is 27.6 Å². The summed E-state index contributed by atoms with van der Waals surface area (Å²) in [7, 11) is 0. The summed E-state index contributed by atoms with van der Waals surface area (Å²) >= 11 is 17.9. The van der Waals surface area contributed by atoms with Crippen molar-refractivity contribution in [3.05, 3.63) is 92.9 Å². The Balaban J connectivity index is 1.54. The maximum atomic E-state index is 6.00. The molecule has 0 amide bonds. The molecule has 2 nitrogen and oxygen atoms in total. The Morgan fingerprint density at radius 2 is 1.28 bits per heavy atom. The van der Waals surface area contributed by atoms with Gasteiger partial charge in [0, 0.05) is 27.3 Å². The van der Waals surface area contributed by atoms with E-state index < -0.39 is 0 Å². The summed E-state index contributed by atoms with van der Waals surface area (Å²) < 4.78 is 5.78. The van der Waals surface area contributed by atoms with E-state index >= 15 is 0 Å². The van der Waals surface area contributed by atoms with Crippen LogP contribution in [0.5, 0.6) is 5.75 Å². The van der Waals surface area contributed by atoms with Crippen LogP contribution in [0.25, 0.3) is 0 Å². The van der Waals surface area contributed by atoms with Gasteiger partial charge >= 0.3 is 0 Å². The molecule has 0 aliphatic carbocycles. The average Bonchev–Trinajstić information content (AvgIpc) is 2.60. The largest absolute Gasteiger partial charge is 0.489 e. The lowest BCUT2D eigenvalue weighted by atomic mass is 10.2. The second-order valence-corrected chi connectivity index (χ2v) is 6.88. The first kappa shape index (κ1) is 17.9. The first-order valence-electron chi connectivity index (χ1n) is 7.75. The summed E-state index contributed by atoms with van der Waals surface area (Å²) in [5.74, 6) is 0.824. The van der Waals surface area contributed by atoms with Crippen LogP contribution in [0.3, 0.4) is 0 Å². The Hall–Kier alpha value is -1.87. The maximum Gasteiger partial charge on any atom is 0.119 e. The van der Waals surface area contributed by atoms with Gasteiger partial charge in [-0.25, -0.2) is 0 Å². The van der Waals surface area contributed by atoms with Gasteiger partial charge in [-0.15, -0.1) is 0 Å². The van der Waals surface area contributed by atoms with E-state index in [9.17, 15) is 0 Å². The molecule has 0 atom stereocenters. The fourth-order valence-electron chi connectivity index (χ4n) is 2.31. The lowest BCUT2D eigenvalue weighted by Gasteiger charge is -2.10. The predicted molar refractivity (Wildman–Crippen MR) is 106 cm³/mol. The van der Waals surface area contributed by atoms with Crippen molar-refractivity contribution in [3.63, 3.8) is 0 Å². The summed E-state index contributed by atoms with van der Waals surface area (Å²) in [6, 6.07) is 21.0. The first-order chi connectivity index (χ1) is 12.1. The highest BCUT2D eigenvalue weighted by Crippen LogP contribution is 2.23. The normalized spacial score (nSPS) is 10.5. The Morgan fingerprint density at radius 3 is 1.92 bits per heavy atom. The Kier molecular flexibility index (Phi) is 6.09. The zero-order valence-electron chi connectivity index (χ0n) is 13.3. The van der Waals surface area contributed by atoms with Gasteiger partial charge in [-0.1, -0.05) is 59.1 Å². The van der Waals surface area contributed by atoms with Crippen LogP contribution in [-0.4, -0.2) is 0 Å². The highest BCUT2D eigenvalue weighted by molar-refractivity contribution is 6.35. The monoisotopic (exact) mass is 391 g/mol. The van der Waals surface area contributed by atoms with Gasteiger partial charge < -0.3 is 10.1 Å². The van der Waals surface area contributed by atoms with Crippen molar-refractivity contribution in [3.8, 4) is 5.75 Å². The van der Waals surface area contributed by atoms with Gasteiger partial charge in [0.1, 0.15) is 12.4 Å². The molecule has 0 saturated heterocycles. The molecule has 5 heteroatoms. The Labute approximate surface area is 162 Å². The molecule has 3 aromatic carbocycles. The molecule has 0 aliphatic heterocycles. The lowest BCUT2D eigenvalue weighted by Crippen LogP contribution is -2.00. The summed E-state index contributed by atoms with van der Waals surface area (Å²) in [5.41, 5.74) is 3.10. The van der Waals surface area contributed by atoms with E-state index in [-0.39, 0.29) is 0 Å². The fraction of sp³-hybridized carbons (Fsp3) is 0.100. The van der Waals surface area contributed by atoms with E-state index in [4.69, 9.17) is 39.5 Å². The lowest BCUT2D eigenvalue weighted by molar-refractivity contribution is 0.306. The van der Waals surface area contributed by atoms with Gasteiger partial charge in [0.05, 0.1) is 0 Å². The molecule has 25 heavy (non-hydrogen) atoms. The number of rotatable bonds is 6. The van der Waals surface area contributed by atoms with E-state index in [1.54, 1.807) is 6.07 Å². The minimum atomic E-state index is 0.510. The number of ether oxygens (including phenoxy) is 1. The number of benzene rings is 3. The van der Waals surface area contributed by atoms with Crippen LogP contribution < -0.4 is 10.1 Å². The SMILES string of the molecule is Clc1ccc(COc2ccc(CNc3cc(Cl)cc(Cl)c3)cc2)cc1. The molecule has 0 unspecified atom stereocenters. The van der Waals surface area contributed by atoms with E-state index in [1.165, 1.54) is 0 Å². The standard InChI is InChI=1S/C20H16Cl3NO/c21-16-5-1-15(2-6-16)13-25-20-7-3-14(4-8-20)12-24-19-10-17(22)9-18(23)11-19/h1-11,24H,12-13H2. The van der Waals surface area contributed by atoms with Crippen molar-refractivity contribution in [2.75, 3.05) is 5.32 Å². The summed E-state index contributed by atoms with van der Waals surface area (Å²) in [6.45, 7) is 1.18.